The Labute approximate surface area is 199 Å². The van der Waals surface area contributed by atoms with Crippen molar-refractivity contribution in [3.8, 4) is 11.5 Å². The summed E-state index contributed by atoms with van der Waals surface area (Å²) in [5, 5.41) is -0.898. The van der Waals surface area contributed by atoms with Gasteiger partial charge in [0.2, 0.25) is 5.24 Å². The summed E-state index contributed by atoms with van der Waals surface area (Å²) in [5.41, 5.74) is 0. The molecular formula is C18H16Cl6O5. The number of alkyl halides is 1. The predicted molar refractivity (Wildman–Crippen MR) is 119 cm³/mol. The lowest BCUT2D eigenvalue weighted by molar-refractivity contribution is -0.114. The number of carbonyl (C=O) groups is 3. The van der Waals surface area contributed by atoms with Gasteiger partial charge in [-0.15, -0.1) is 24.0 Å². The van der Waals surface area contributed by atoms with Crippen molar-refractivity contribution in [1.82, 2.24) is 0 Å². The number of carbonyl (C=O) groups excluding carboxylic acids is 3. The molecule has 0 saturated carbocycles. The summed E-state index contributed by atoms with van der Waals surface area (Å²) < 4.78 is 9.97. The molecule has 0 N–H and O–H groups in total. The minimum absolute atomic E-state index is 0. The molecule has 0 heterocycles. The molecule has 0 atom stereocenters. The second-order valence-electron chi connectivity index (χ2n) is 4.54. The van der Waals surface area contributed by atoms with Gasteiger partial charge in [-0.1, -0.05) is 29.8 Å². The molecule has 11 heteroatoms. The van der Waals surface area contributed by atoms with E-state index < -0.39 is 15.7 Å². The topological polar surface area (TPSA) is 69.7 Å². The van der Waals surface area contributed by atoms with Crippen molar-refractivity contribution in [2.24, 2.45) is 0 Å². The molecule has 0 unspecified atom stereocenters. The number of halogens is 6. The van der Waals surface area contributed by atoms with Crippen LogP contribution in [0.3, 0.4) is 0 Å². The lowest BCUT2D eigenvalue weighted by atomic mass is 10.3. The Hall–Kier alpha value is -1.21. The molecule has 0 aliphatic carbocycles. The lowest BCUT2D eigenvalue weighted by Crippen LogP contribution is -2.03. The largest absolute Gasteiger partial charge is 0.484 e. The Morgan fingerprint density at radius 1 is 0.690 bits per heavy atom. The van der Waals surface area contributed by atoms with Gasteiger partial charge in [0, 0.05) is 5.02 Å². The van der Waals surface area contributed by atoms with Gasteiger partial charge in [0.1, 0.15) is 11.5 Å². The van der Waals surface area contributed by atoms with Gasteiger partial charge in [-0.25, -0.2) is 0 Å². The molecule has 0 aliphatic rings. The van der Waals surface area contributed by atoms with Crippen LogP contribution in [0.15, 0.2) is 54.6 Å². The van der Waals surface area contributed by atoms with Gasteiger partial charge in [0.25, 0.3) is 10.5 Å². The summed E-state index contributed by atoms with van der Waals surface area (Å²) in [4.78, 5) is 30.0. The molecule has 2 rings (SSSR count). The van der Waals surface area contributed by atoms with Gasteiger partial charge in [-0.3, -0.25) is 14.4 Å². The van der Waals surface area contributed by atoms with E-state index in [4.69, 9.17) is 67.5 Å². The third-order valence-electron chi connectivity index (χ3n) is 2.37. The number of hydrogen-bond acceptors (Lipinski definition) is 5. The first-order chi connectivity index (χ1) is 13.2. The lowest BCUT2D eigenvalue weighted by Gasteiger charge is -2.01. The van der Waals surface area contributed by atoms with Crippen molar-refractivity contribution in [2.45, 2.75) is 0 Å². The van der Waals surface area contributed by atoms with Crippen LogP contribution in [0, 0.1) is 0 Å². The number of ether oxygens (including phenoxy) is 2. The van der Waals surface area contributed by atoms with Crippen LogP contribution in [0.1, 0.15) is 0 Å². The van der Waals surface area contributed by atoms with E-state index in [1.807, 2.05) is 18.2 Å². The summed E-state index contributed by atoms with van der Waals surface area (Å²) in [6.07, 6.45) is 0. The smallest absolute Gasteiger partial charge is 0.259 e. The number of benzene rings is 2. The van der Waals surface area contributed by atoms with E-state index in [2.05, 4.69) is 0 Å². The second kappa shape index (κ2) is 18.8. The zero-order valence-corrected chi connectivity index (χ0v) is 19.3. The molecule has 0 bridgehead atoms. The van der Waals surface area contributed by atoms with Crippen molar-refractivity contribution >= 4 is 86.1 Å². The third kappa shape index (κ3) is 19.9. The van der Waals surface area contributed by atoms with Gasteiger partial charge >= 0.3 is 0 Å². The average Bonchev–Trinajstić information content (AvgIpc) is 2.67. The zero-order valence-electron chi connectivity index (χ0n) is 14.7. The van der Waals surface area contributed by atoms with Crippen molar-refractivity contribution in [1.29, 1.82) is 0 Å². The van der Waals surface area contributed by atoms with Gasteiger partial charge in [0.15, 0.2) is 13.2 Å². The summed E-state index contributed by atoms with van der Waals surface area (Å²) in [6.45, 7) is -0.200. The maximum Gasteiger partial charge on any atom is 0.259 e. The fourth-order valence-electron chi connectivity index (χ4n) is 1.33. The normalized spacial score (nSPS) is 8.72. The SMILES string of the molecule is Cl.O=C(Cl)CCl.O=C(Cl)COc1ccc(Cl)cc1.O=C(Cl)COc1ccccc1. The Morgan fingerprint density at radius 2 is 1.07 bits per heavy atom. The fourth-order valence-corrected chi connectivity index (χ4v) is 1.56. The van der Waals surface area contributed by atoms with E-state index in [9.17, 15) is 14.4 Å². The average molecular weight is 525 g/mol. The number of rotatable bonds is 7. The van der Waals surface area contributed by atoms with E-state index in [1.54, 1.807) is 36.4 Å². The van der Waals surface area contributed by atoms with Crippen molar-refractivity contribution in [3.63, 3.8) is 0 Å². The summed E-state index contributed by atoms with van der Waals surface area (Å²) in [7, 11) is 0. The number of hydrogen-bond donors (Lipinski definition) is 0. The molecular weight excluding hydrogens is 509 g/mol. The fraction of sp³-hybridized carbons (Fsp3) is 0.167. The molecule has 0 fully saturated rings. The van der Waals surface area contributed by atoms with Crippen LogP contribution in [-0.4, -0.2) is 34.8 Å². The standard InChI is InChI=1S/C8H6Cl2O2.C8H7ClO2.C2H2Cl2O.ClH/c9-6-1-3-7(4-2-6)12-5-8(10)11;9-8(10)6-11-7-4-2-1-3-5-7;3-1-2(4)5;/h1-4H,5H2;1-5H,6H2;1H2;1H. The highest BCUT2D eigenvalue weighted by atomic mass is 35.5. The molecule has 0 saturated heterocycles. The monoisotopic (exact) mass is 522 g/mol. The van der Waals surface area contributed by atoms with Crippen molar-refractivity contribution in [2.75, 3.05) is 19.1 Å². The van der Waals surface area contributed by atoms with Crippen LogP contribution in [0.5, 0.6) is 11.5 Å². The summed E-state index contributed by atoms with van der Waals surface area (Å²) in [6, 6.07) is 15.7. The summed E-state index contributed by atoms with van der Waals surface area (Å²) >= 11 is 25.3. The molecule has 0 aliphatic heterocycles. The maximum atomic E-state index is 10.3. The van der Waals surface area contributed by atoms with Gasteiger partial charge < -0.3 is 9.47 Å². The summed E-state index contributed by atoms with van der Waals surface area (Å²) in [5.74, 6) is 1.14. The first-order valence-corrected chi connectivity index (χ1v) is 9.46. The van der Waals surface area contributed by atoms with Crippen LogP contribution < -0.4 is 9.47 Å². The van der Waals surface area contributed by atoms with Gasteiger partial charge in [-0.2, -0.15) is 0 Å². The first kappa shape index (κ1) is 30.0. The molecule has 29 heavy (non-hydrogen) atoms. The highest BCUT2D eigenvalue weighted by Gasteiger charge is 1.97. The highest BCUT2D eigenvalue weighted by Crippen LogP contribution is 2.15. The minimum atomic E-state index is -0.523. The molecule has 2 aromatic rings. The van der Waals surface area contributed by atoms with Crippen LogP contribution in [0.25, 0.3) is 0 Å². The first-order valence-electron chi connectivity index (χ1n) is 7.41. The molecule has 0 radical (unpaired) electrons. The Balaban J connectivity index is 0. The van der Waals surface area contributed by atoms with E-state index >= 15 is 0 Å². The van der Waals surface area contributed by atoms with E-state index in [1.165, 1.54) is 0 Å². The second-order valence-corrected chi connectivity index (χ2v) is 6.51. The third-order valence-corrected chi connectivity index (χ3v) is 3.35. The van der Waals surface area contributed by atoms with Crippen LogP contribution >= 0.6 is 70.4 Å². The van der Waals surface area contributed by atoms with E-state index in [0.717, 1.165) is 0 Å². The quantitative estimate of drug-likeness (QED) is 0.342. The van der Waals surface area contributed by atoms with E-state index in [0.29, 0.717) is 16.5 Å². The number of para-hydroxylation sites is 1. The van der Waals surface area contributed by atoms with E-state index in [-0.39, 0.29) is 31.5 Å². The van der Waals surface area contributed by atoms with Crippen LogP contribution in [0.2, 0.25) is 5.02 Å². The molecule has 0 amide bonds. The molecule has 2 aromatic carbocycles. The van der Waals surface area contributed by atoms with Gasteiger partial charge in [0.05, 0.1) is 5.88 Å². The van der Waals surface area contributed by atoms with Gasteiger partial charge in [-0.05, 0) is 71.2 Å². The molecule has 160 valence electrons. The highest BCUT2D eigenvalue weighted by molar-refractivity contribution is 6.67. The van der Waals surface area contributed by atoms with Crippen molar-refractivity contribution in [3.05, 3.63) is 59.6 Å². The maximum absolute atomic E-state index is 10.3. The Kier molecular flexibility index (Phi) is 19.4. The Bertz CT molecular complexity index is 725. The minimum Gasteiger partial charge on any atom is -0.484 e. The molecule has 0 spiro atoms. The zero-order chi connectivity index (χ0) is 21.4. The molecule has 0 aromatic heterocycles. The molecule has 5 nitrogen and oxygen atoms in total. The Morgan fingerprint density at radius 3 is 1.41 bits per heavy atom. The van der Waals surface area contributed by atoms with Crippen molar-refractivity contribution < 1.29 is 23.9 Å². The van der Waals surface area contributed by atoms with Crippen LogP contribution in [-0.2, 0) is 14.4 Å². The predicted octanol–water partition coefficient (Wildman–Crippen LogP) is 5.73. The van der Waals surface area contributed by atoms with Crippen LogP contribution in [0.4, 0.5) is 0 Å².